The van der Waals surface area contributed by atoms with Crippen molar-refractivity contribution in [2.75, 3.05) is 26.1 Å². The number of H-pyrrole nitrogens is 1. The Hall–Kier alpha value is -2.54. The van der Waals surface area contributed by atoms with Crippen LogP contribution in [0.4, 0.5) is 5.69 Å². The summed E-state index contributed by atoms with van der Waals surface area (Å²) in [5, 5.41) is 13.2. The van der Waals surface area contributed by atoms with Crippen LogP contribution in [0.1, 0.15) is 31.0 Å². The minimum Gasteiger partial charge on any atom is -0.497 e. The van der Waals surface area contributed by atoms with Crippen LogP contribution >= 0.6 is 0 Å². The summed E-state index contributed by atoms with van der Waals surface area (Å²) >= 11 is 0. The van der Waals surface area contributed by atoms with Crippen LogP contribution in [0.15, 0.2) is 24.4 Å². The average Bonchev–Trinajstić information content (AvgIpc) is 3.04. The Labute approximate surface area is 154 Å². The molecule has 142 valence electrons. The zero-order valence-corrected chi connectivity index (χ0v) is 15.9. The summed E-state index contributed by atoms with van der Waals surface area (Å²) in [4.78, 5) is 12.3. The van der Waals surface area contributed by atoms with Crippen LogP contribution in [0.25, 0.3) is 0 Å². The second kappa shape index (κ2) is 9.82. The first-order valence-electron chi connectivity index (χ1n) is 8.77. The Morgan fingerprint density at radius 3 is 2.77 bits per heavy atom. The Balaban J connectivity index is 1.74. The number of rotatable bonds is 10. The smallest absolute Gasteiger partial charge is 0.226 e. The lowest BCUT2D eigenvalue weighted by atomic mass is 10.1. The molecule has 0 bridgehead atoms. The van der Waals surface area contributed by atoms with Gasteiger partial charge < -0.3 is 20.1 Å². The van der Waals surface area contributed by atoms with Crippen LogP contribution in [0.2, 0.25) is 0 Å². The molecule has 7 nitrogen and oxygen atoms in total. The molecule has 0 saturated heterocycles. The summed E-state index contributed by atoms with van der Waals surface area (Å²) in [6.45, 7) is 4.88. The third kappa shape index (κ3) is 5.77. The molecular weight excluding hydrogens is 332 g/mol. The van der Waals surface area contributed by atoms with E-state index in [-0.39, 0.29) is 11.9 Å². The van der Waals surface area contributed by atoms with Gasteiger partial charge in [-0.05, 0) is 50.9 Å². The summed E-state index contributed by atoms with van der Waals surface area (Å²) < 4.78 is 10.5. The maximum Gasteiger partial charge on any atom is 0.226 e. The fourth-order valence-corrected chi connectivity index (χ4v) is 2.71. The zero-order valence-electron chi connectivity index (χ0n) is 15.9. The maximum absolute atomic E-state index is 12.3. The highest BCUT2D eigenvalue weighted by molar-refractivity contribution is 5.92. The molecule has 1 aromatic carbocycles. The van der Waals surface area contributed by atoms with Gasteiger partial charge in [0.2, 0.25) is 5.91 Å². The molecule has 0 aliphatic rings. The predicted octanol–water partition coefficient (Wildman–Crippen LogP) is 2.67. The molecule has 0 radical (unpaired) electrons. The molecule has 7 heteroatoms. The summed E-state index contributed by atoms with van der Waals surface area (Å²) in [5.74, 6) is 1.20. The molecule has 1 amide bonds. The van der Waals surface area contributed by atoms with Gasteiger partial charge in [-0.3, -0.25) is 9.89 Å². The van der Waals surface area contributed by atoms with Crippen LogP contribution in [-0.2, 0) is 11.2 Å². The number of methoxy groups -OCH3 is 2. The molecule has 0 aliphatic heterocycles. The summed E-state index contributed by atoms with van der Waals surface area (Å²) in [6.07, 6.45) is 4.23. The quantitative estimate of drug-likeness (QED) is 0.567. The van der Waals surface area contributed by atoms with Crippen LogP contribution in [-0.4, -0.2) is 42.9 Å². The first-order valence-corrected chi connectivity index (χ1v) is 8.77. The van der Waals surface area contributed by atoms with Crippen LogP contribution in [0.3, 0.4) is 0 Å². The summed E-state index contributed by atoms with van der Waals surface area (Å²) in [6, 6.07) is 5.40. The zero-order chi connectivity index (χ0) is 18.9. The normalized spacial score (nSPS) is 11.8. The molecule has 0 saturated carbocycles. The Morgan fingerprint density at radius 1 is 1.31 bits per heavy atom. The van der Waals surface area contributed by atoms with E-state index in [9.17, 15) is 4.79 Å². The topological polar surface area (TPSA) is 88.3 Å². The van der Waals surface area contributed by atoms with Crippen LogP contribution < -0.4 is 20.1 Å². The first-order chi connectivity index (χ1) is 12.5. The third-order valence-electron chi connectivity index (χ3n) is 4.22. The van der Waals surface area contributed by atoms with Gasteiger partial charge in [0, 0.05) is 24.2 Å². The predicted molar refractivity (Wildman–Crippen MR) is 102 cm³/mol. The first kappa shape index (κ1) is 19.8. The molecular formula is C19H28N4O3. The molecule has 0 aliphatic carbocycles. The number of nitrogens with one attached hydrogen (secondary N) is 3. The SMILES string of the molecule is COc1ccc(NC(=O)CC(C)NCCCc2cn[nH]c2C)c(OC)c1. The van der Waals surface area contributed by atoms with Crippen molar-refractivity contribution in [2.45, 2.75) is 39.2 Å². The lowest BCUT2D eigenvalue weighted by molar-refractivity contribution is -0.116. The van der Waals surface area contributed by atoms with Crippen molar-refractivity contribution in [3.8, 4) is 11.5 Å². The Morgan fingerprint density at radius 2 is 2.12 bits per heavy atom. The van der Waals surface area contributed by atoms with Crippen LogP contribution in [0.5, 0.6) is 11.5 Å². The lowest BCUT2D eigenvalue weighted by Crippen LogP contribution is -2.31. The molecule has 26 heavy (non-hydrogen) atoms. The van der Waals surface area contributed by atoms with E-state index in [0.717, 1.165) is 25.1 Å². The van der Waals surface area contributed by atoms with Gasteiger partial charge in [0.05, 0.1) is 26.1 Å². The maximum atomic E-state index is 12.3. The minimum atomic E-state index is -0.0563. The highest BCUT2D eigenvalue weighted by atomic mass is 16.5. The number of nitrogens with zero attached hydrogens (tertiary/aromatic N) is 1. The van der Waals surface area contributed by atoms with E-state index in [0.29, 0.717) is 23.6 Å². The average molecular weight is 360 g/mol. The molecule has 1 unspecified atom stereocenters. The van der Waals surface area contributed by atoms with E-state index in [2.05, 4.69) is 20.8 Å². The van der Waals surface area contributed by atoms with E-state index in [4.69, 9.17) is 9.47 Å². The molecule has 0 spiro atoms. The van der Waals surface area contributed by atoms with Gasteiger partial charge in [0.1, 0.15) is 11.5 Å². The number of hydrogen-bond acceptors (Lipinski definition) is 5. The van der Waals surface area contributed by atoms with Gasteiger partial charge >= 0.3 is 0 Å². The fourth-order valence-electron chi connectivity index (χ4n) is 2.71. The number of amides is 1. The van der Waals surface area contributed by atoms with Crippen molar-refractivity contribution in [3.63, 3.8) is 0 Å². The van der Waals surface area contributed by atoms with Crippen molar-refractivity contribution in [3.05, 3.63) is 35.7 Å². The van der Waals surface area contributed by atoms with Crippen molar-refractivity contribution in [1.82, 2.24) is 15.5 Å². The minimum absolute atomic E-state index is 0.0563. The Bertz CT molecular complexity index is 715. The number of aromatic amines is 1. The number of benzene rings is 1. The number of anilines is 1. The molecule has 1 aromatic heterocycles. The standard InChI is InChI=1S/C19H28N4O3/c1-13(20-9-5-6-15-12-21-23-14(15)2)10-19(24)22-17-8-7-16(25-3)11-18(17)26-4/h7-8,11-13,20H,5-6,9-10H2,1-4H3,(H,21,23)(H,22,24). The number of carbonyl (C=O) groups is 1. The highest BCUT2D eigenvalue weighted by Gasteiger charge is 2.12. The largest absolute Gasteiger partial charge is 0.497 e. The third-order valence-corrected chi connectivity index (χ3v) is 4.22. The van der Waals surface area contributed by atoms with E-state index in [1.807, 2.05) is 20.0 Å². The summed E-state index contributed by atoms with van der Waals surface area (Å²) in [7, 11) is 3.16. The summed E-state index contributed by atoms with van der Waals surface area (Å²) in [5.41, 5.74) is 3.00. The van der Waals surface area contributed by atoms with Gasteiger partial charge in [0.25, 0.3) is 0 Å². The lowest BCUT2D eigenvalue weighted by Gasteiger charge is -2.15. The monoisotopic (exact) mass is 360 g/mol. The number of ether oxygens (including phenoxy) is 2. The molecule has 1 heterocycles. The second-order valence-corrected chi connectivity index (χ2v) is 6.30. The van der Waals surface area contributed by atoms with Gasteiger partial charge in [0.15, 0.2) is 0 Å². The van der Waals surface area contributed by atoms with E-state index < -0.39 is 0 Å². The van der Waals surface area contributed by atoms with E-state index in [1.54, 1.807) is 32.4 Å². The second-order valence-electron chi connectivity index (χ2n) is 6.30. The number of aromatic nitrogens is 2. The van der Waals surface area contributed by atoms with Crippen LogP contribution in [0, 0.1) is 6.92 Å². The van der Waals surface area contributed by atoms with Crippen molar-refractivity contribution in [1.29, 1.82) is 0 Å². The fraction of sp³-hybridized carbons (Fsp3) is 0.474. The van der Waals surface area contributed by atoms with Crippen molar-refractivity contribution < 1.29 is 14.3 Å². The van der Waals surface area contributed by atoms with Gasteiger partial charge in [-0.1, -0.05) is 0 Å². The van der Waals surface area contributed by atoms with Crippen molar-refractivity contribution in [2.24, 2.45) is 0 Å². The molecule has 0 fully saturated rings. The number of carbonyl (C=O) groups excluding carboxylic acids is 1. The van der Waals surface area contributed by atoms with Gasteiger partial charge in [-0.2, -0.15) is 5.10 Å². The Kier molecular flexibility index (Phi) is 7.47. The molecule has 3 N–H and O–H groups in total. The molecule has 1 atom stereocenters. The van der Waals surface area contributed by atoms with E-state index >= 15 is 0 Å². The molecule has 2 rings (SSSR count). The molecule has 2 aromatic rings. The van der Waals surface area contributed by atoms with E-state index in [1.165, 1.54) is 5.56 Å². The van der Waals surface area contributed by atoms with Gasteiger partial charge in [-0.25, -0.2) is 0 Å². The number of hydrogen-bond donors (Lipinski definition) is 3. The highest BCUT2D eigenvalue weighted by Crippen LogP contribution is 2.29. The van der Waals surface area contributed by atoms with Gasteiger partial charge in [-0.15, -0.1) is 0 Å². The number of aryl methyl sites for hydroxylation is 2. The van der Waals surface area contributed by atoms with Crippen molar-refractivity contribution >= 4 is 11.6 Å².